The van der Waals surface area contributed by atoms with Crippen LogP contribution in [0.2, 0.25) is 0 Å². The molecule has 0 heterocycles. The highest BCUT2D eigenvalue weighted by Crippen LogP contribution is 2.14. The van der Waals surface area contributed by atoms with E-state index in [1.54, 1.807) is 13.8 Å². The fourth-order valence-corrected chi connectivity index (χ4v) is 1.58. The van der Waals surface area contributed by atoms with Crippen molar-refractivity contribution in [2.75, 3.05) is 0 Å². The molecule has 1 N–H and O–H groups in total. The van der Waals surface area contributed by atoms with Crippen molar-refractivity contribution in [3.05, 3.63) is 70.8 Å². The number of hydrogen-bond acceptors (Lipinski definition) is 3. The second-order valence-corrected chi connectivity index (χ2v) is 5.01. The minimum absolute atomic E-state index is 0.0248. The molecular weight excluding hydrogens is 326 g/mol. The van der Waals surface area contributed by atoms with Crippen LogP contribution in [0.3, 0.4) is 0 Å². The maximum absolute atomic E-state index is 13.3. The Hall–Kier alpha value is -2.41. The molecule has 0 saturated carbocycles. The van der Waals surface area contributed by atoms with Crippen LogP contribution in [0.1, 0.15) is 25.0 Å². The molecule has 0 unspecified atom stereocenters. The van der Waals surface area contributed by atoms with Gasteiger partial charge in [0.1, 0.15) is 23.3 Å². The molecule has 0 bridgehead atoms. The van der Waals surface area contributed by atoms with Gasteiger partial charge >= 0.3 is 0 Å². The number of oxime groups is 1. The van der Waals surface area contributed by atoms with Crippen molar-refractivity contribution in [1.29, 1.82) is 0 Å². The van der Waals surface area contributed by atoms with E-state index in [1.807, 2.05) is 0 Å². The predicted octanol–water partition coefficient (Wildman–Crippen LogP) is 4.82. The van der Waals surface area contributed by atoms with Crippen LogP contribution in [0.4, 0.5) is 17.6 Å². The van der Waals surface area contributed by atoms with Crippen molar-refractivity contribution < 1.29 is 27.5 Å². The third kappa shape index (κ3) is 6.78. The maximum Gasteiger partial charge on any atom is 0.128 e. The van der Waals surface area contributed by atoms with Crippen LogP contribution in [0, 0.1) is 23.3 Å². The van der Waals surface area contributed by atoms with Crippen LogP contribution in [-0.4, -0.2) is 10.9 Å². The van der Waals surface area contributed by atoms with Gasteiger partial charge in [0.05, 0.1) is 18.9 Å². The maximum atomic E-state index is 13.3. The van der Waals surface area contributed by atoms with E-state index in [-0.39, 0.29) is 24.3 Å². The second kappa shape index (κ2) is 9.67. The van der Waals surface area contributed by atoms with Crippen molar-refractivity contribution in [3.63, 3.8) is 0 Å². The first-order valence-electron chi connectivity index (χ1n) is 6.94. The van der Waals surface area contributed by atoms with Crippen molar-refractivity contribution in [3.8, 4) is 0 Å². The molecule has 3 nitrogen and oxygen atoms in total. The van der Waals surface area contributed by atoms with E-state index < -0.39 is 23.3 Å². The smallest absolute Gasteiger partial charge is 0.128 e. The molecule has 0 aliphatic heterocycles. The molecule has 24 heavy (non-hydrogen) atoms. The van der Waals surface area contributed by atoms with E-state index in [9.17, 15) is 17.6 Å². The second-order valence-electron chi connectivity index (χ2n) is 5.01. The highest BCUT2D eigenvalue weighted by molar-refractivity contribution is 5.78. The van der Waals surface area contributed by atoms with Gasteiger partial charge < -0.3 is 9.94 Å². The zero-order valence-corrected chi connectivity index (χ0v) is 13.2. The molecular formula is C17H17F4NO2. The molecule has 0 aliphatic rings. The van der Waals surface area contributed by atoms with E-state index in [1.165, 1.54) is 0 Å². The SMILES string of the molecule is CC(C)=NO.Fc1ccc(F)c(COCc2cc(F)ccc2F)c1. The number of halogens is 4. The summed E-state index contributed by atoms with van der Waals surface area (Å²) in [4.78, 5) is 0. The lowest BCUT2D eigenvalue weighted by Gasteiger charge is -2.07. The highest BCUT2D eigenvalue weighted by Gasteiger charge is 2.07. The van der Waals surface area contributed by atoms with E-state index in [2.05, 4.69) is 5.16 Å². The van der Waals surface area contributed by atoms with E-state index in [4.69, 9.17) is 9.94 Å². The van der Waals surface area contributed by atoms with E-state index >= 15 is 0 Å². The summed E-state index contributed by atoms with van der Waals surface area (Å²) >= 11 is 0. The zero-order valence-electron chi connectivity index (χ0n) is 13.2. The highest BCUT2D eigenvalue weighted by atomic mass is 19.1. The van der Waals surface area contributed by atoms with Gasteiger partial charge in [-0.25, -0.2) is 17.6 Å². The predicted molar refractivity (Wildman–Crippen MR) is 81.8 cm³/mol. The molecule has 0 aromatic heterocycles. The van der Waals surface area contributed by atoms with Gasteiger partial charge in [-0.3, -0.25) is 0 Å². The molecule has 0 spiro atoms. The summed E-state index contributed by atoms with van der Waals surface area (Å²) in [7, 11) is 0. The summed E-state index contributed by atoms with van der Waals surface area (Å²) in [5.74, 6) is -2.39. The molecule has 2 aromatic carbocycles. The third-order valence-electron chi connectivity index (χ3n) is 2.73. The summed E-state index contributed by atoms with van der Waals surface area (Å²) in [6.07, 6.45) is 0. The topological polar surface area (TPSA) is 41.8 Å². The van der Waals surface area contributed by atoms with Gasteiger partial charge in [0.15, 0.2) is 0 Å². The average Bonchev–Trinajstić information content (AvgIpc) is 2.54. The molecule has 2 rings (SSSR count). The molecule has 0 radical (unpaired) electrons. The number of ether oxygens (including phenoxy) is 1. The molecule has 0 aliphatic carbocycles. The summed E-state index contributed by atoms with van der Waals surface area (Å²) in [6.45, 7) is 3.00. The Morgan fingerprint density at radius 1 is 0.875 bits per heavy atom. The number of nitrogens with zero attached hydrogens (tertiary/aromatic N) is 1. The van der Waals surface area contributed by atoms with Crippen molar-refractivity contribution in [2.45, 2.75) is 27.1 Å². The zero-order chi connectivity index (χ0) is 18.1. The quantitative estimate of drug-likeness (QED) is 0.374. The number of hydrogen-bond donors (Lipinski definition) is 1. The summed E-state index contributed by atoms with van der Waals surface area (Å²) in [5, 5.41) is 10.5. The van der Waals surface area contributed by atoms with Gasteiger partial charge in [-0.2, -0.15) is 0 Å². The minimum atomic E-state index is -0.610. The lowest BCUT2D eigenvalue weighted by molar-refractivity contribution is 0.102. The van der Waals surface area contributed by atoms with Crippen molar-refractivity contribution in [2.24, 2.45) is 5.16 Å². The first kappa shape index (κ1) is 19.6. The Labute approximate surface area is 137 Å². The van der Waals surface area contributed by atoms with Gasteiger partial charge in [-0.15, -0.1) is 0 Å². The lowest BCUT2D eigenvalue weighted by atomic mass is 10.2. The molecule has 0 fully saturated rings. The third-order valence-corrected chi connectivity index (χ3v) is 2.73. The van der Waals surface area contributed by atoms with Crippen LogP contribution in [0.25, 0.3) is 0 Å². The van der Waals surface area contributed by atoms with Crippen LogP contribution in [0.5, 0.6) is 0 Å². The number of benzene rings is 2. The van der Waals surface area contributed by atoms with E-state index in [0.717, 1.165) is 36.4 Å². The van der Waals surface area contributed by atoms with Gasteiger partial charge in [0, 0.05) is 11.1 Å². The van der Waals surface area contributed by atoms with Crippen molar-refractivity contribution >= 4 is 5.71 Å². The lowest BCUT2D eigenvalue weighted by Crippen LogP contribution is -2.00. The van der Waals surface area contributed by atoms with Crippen LogP contribution < -0.4 is 0 Å². The molecule has 130 valence electrons. The summed E-state index contributed by atoms with van der Waals surface area (Å²) < 4.78 is 57.3. The van der Waals surface area contributed by atoms with E-state index in [0.29, 0.717) is 5.71 Å². The Morgan fingerprint density at radius 2 is 1.25 bits per heavy atom. The number of rotatable bonds is 4. The van der Waals surface area contributed by atoms with Crippen LogP contribution in [-0.2, 0) is 18.0 Å². The van der Waals surface area contributed by atoms with Gasteiger partial charge in [-0.05, 0) is 50.2 Å². The monoisotopic (exact) mass is 343 g/mol. The fourth-order valence-electron chi connectivity index (χ4n) is 1.58. The summed E-state index contributed by atoms with van der Waals surface area (Å²) in [5.41, 5.74) is 0.735. The minimum Gasteiger partial charge on any atom is -0.411 e. The summed E-state index contributed by atoms with van der Waals surface area (Å²) in [6, 6.07) is 5.94. The molecule has 7 heteroatoms. The standard InChI is InChI=1S/C14H10F4O.C3H7NO/c15-11-1-3-13(17)9(5-11)7-19-8-10-6-12(16)2-4-14(10)18;1-3(2)4-5/h1-6H,7-8H2;5H,1-2H3. The Kier molecular flexibility index (Phi) is 7.91. The van der Waals surface area contributed by atoms with Gasteiger partial charge in [0.2, 0.25) is 0 Å². The Balaban J connectivity index is 0.000000505. The van der Waals surface area contributed by atoms with Gasteiger partial charge in [-0.1, -0.05) is 5.16 Å². The molecule has 2 aromatic rings. The normalized spacial score (nSPS) is 9.92. The van der Waals surface area contributed by atoms with Crippen molar-refractivity contribution in [1.82, 2.24) is 0 Å². The Morgan fingerprint density at radius 3 is 1.58 bits per heavy atom. The average molecular weight is 343 g/mol. The first-order chi connectivity index (χ1) is 11.3. The van der Waals surface area contributed by atoms with Crippen LogP contribution >= 0.6 is 0 Å². The fraction of sp³-hybridized carbons (Fsp3) is 0.235. The molecule has 0 saturated heterocycles. The molecule has 0 amide bonds. The first-order valence-corrected chi connectivity index (χ1v) is 6.94. The largest absolute Gasteiger partial charge is 0.411 e. The van der Waals surface area contributed by atoms with Gasteiger partial charge in [0.25, 0.3) is 0 Å². The molecule has 0 atom stereocenters. The van der Waals surface area contributed by atoms with Crippen LogP contribution in [0.15, 0.2) is 41.6 Å². The Bertz CT molecular complexity index is 649.